The smallest absolute Gasteiger partial charge is 0.131 e. The lowest BCUT2D eigenvalue weighted by atomic mass is 10.1. The lowest BCUT2D eigenvalue weighted by molar-refractivity contribution is 0.615. The fraction of sp³-hybridized carbons (Fsp3) is 0.615. The molecule has 1 aliphatic rings. The van der Waals surface area contributed by atoms with Crippen LogP contribution in [-0.2, 0) is 0 Å². The molecular formula is C13H18BrClN2. The van der Waals surface area contributed by atoms with Crippen molar-refractivity contribution < 1.29 is 0 Å². The number of halogens is 2. The number of alkyl halides is 1. The predicted octanol–water partition coefficient (Wildman–Crippen LogP) is 4.14. The molecule has 0 bridgehead atoms. The van der Waals surface area contributed by atoms with E-state index in [0.717, 1.165) is 16.8 Å². The number of rotatable bonds is 2. The Labute approximate surface area is 116 Å². The van der Waals surface area contributed by atoms with E-state index in [1.54, 1.807) is 0 Å². The Hall–Kier alpha value is -0.280. The molecule has 1 atom stereocenters. The molecule has 94 valence electrons. The zero-order valence-electron chi connectivity index (χ0n) is 10.1. The molecule has 1 unspecified atom stereocenters. The molecule has 0 aliphatic carbocycles. The quantitative estimate of drug-likeness (QED) is 0.762. The van der Waals surface area contributed by atoms with Gasteiger partial charge < -0.3 is 4.90 Å². The molecule has 17 heavy (non-hydrogen) atoms. The third-order valence-electron chi connectivity index (χ3n) is 3.34. The average molecular weight is 318 g/mol. The van der Waals surface area contributed by atoms with E-state index in [2.05, 4.69) is 38.8 Å². The zero-order chi connectivity index (χ0) is 12.3. The van der Waals surface area contributed by atoms with Crippen molar-refractivity contribution in [1.82, 2.24) is 4.98 Å². The molecule has 1 aliphatic heterocycles. The maximum Gasteiger partial charge on any atom is 0.131 e. The summed E-state index contributed by atoms with van der Waals surface area (Å²) < 4.78 is 1.04. The second-order valence-electron chi connectivity index (χ2n) is 4.64. The van der Waals surface area contributed by atoms with Crippen LogP contribution in [0.4, 0.5) is 5.82 Å². The second kappa shape index (κ2) is 6.05. The van der Waals surface area contributed by atoms with Gasteiger partial charge in [0.1, 0.15) is 5.82 Å². The van der Waals surface area contributed by atoms with Crippen LogP contribution in [0.1, 0.15) is 31.2 Å². The minimum Gasteiger partial charge on any atom is -0.352 e. The largest absolute Gasteiger partial charge is 0.352 e. The van der Waals surface area contributed by atoms with Gasteiger partial charge in [-0.1, -0.05) is 12.8 Å². The van der Waals surface area contributed by atoms with Crippen LogP contribution in [0.25, 0.3) is 0 Å². The molecule has 2 nitrogen and oxygen atoms in total. The van der Waals surface area contributed by atoms with Crippen LogP contribution in [-0.4, -0.2) is 23.5 Å². The van der Waals surface area contributed by atoms with Gasteiger partial charge in [0.05, 0.1) is 0 Å². The van der Waals surface area contributed by atoms with E-state index >= 15 is 0 Å². The van der Waals surface area contributed by atoms with Crippen LogP contribution in [0.15, 0.2) is 16.7 Å². The Morgan fingerprint density at radius 3 is 3.00 bits per heavy atom. The van der Waals surface area contributed by atoms with Gasteiger partial charge in [0.2, 0.25) is 0 Å². The topological polar surface area (TPSA) is 16.1 Å². The van der Waals surface area contributed by atoms with Gasteiger partial charge in [-0.3, -0.25) is 0 Å². The van der Waals surface area contributed by atoms with Crippen molar-refractivity contribution in [2.45, 2.75) is 38.6 Å². The minimum absolute atomic E-state index is 0.437. The normalized spacial score (nSPS) is 21.4. The summed E-state index contributed by atoms with van der Waals surface area (Å²) >= 11 is 9.56. The molecule has 0 N–H and O–H groups in total. The van der Waals surface area contributed by atoms with Gasteiger partial charge in [0, 0.05) is 29.1 Å². The number of pyridine rings is 1. The number of anilines is 1. The Morgan fingerprint density at radius 2 is 2.29 bits per heavy atom. The van der Waals surface area contributed by atoms with Crippen molar-refractivity contribution in [1.29, 1.82) is 0 Å². The summed E-state index contributed by atoms with van der Waals surface area (Å²) in [5.74, 6) is 1.79. The van der Waals surface area contributed by atoms with E-state index in [-0.39, 0.29) is 0 Å². The van der Waals surface area contributed by atoms with Crippen LogP contribution >= 0.6 is 27.5 Å². The average Bonchev–Trinajstić information content (AvgIpc) is 2.54. The number of aromatic nitrogens is 1. The SMILES string of the molecule is Cc1cc(Br)cnc1N1CCCCCC1CCl. The molecule has 2 rings (SSSR count). The highest BCUT2D eigenvalue weighted by atomic mass is 79.9. The van der Waals surface area contributed by atoms with Crippen molar-refractivity contribution >= 4 is 33.3 Å². The van der Waals surface area contributed by atoms with Gasteiger partial charge >= 0.3 is 0 Å². The van der Waals surface area contributed by atoms with Crippen molar-refractivity contribution in [2.24, 2.45) is 0 Å². The van der Waals surface area contributed by atoms with E-state index in [1.165, 1.54) is 31.2 Å². The van der Waals surface area contributed by atoms with E-state index in [9.17, 15) is 0 Å². The minimum atomic E-state index is 0.437. The number of hydrogen-bond acceptors (Lipinski definition) is 2. The van der Waals surface area contributed by atoms with Crippen molar-refractivity contribution in [3.05, 3.63) is 22.3 Å². The summed E-state index contributed by atoms with van der Waals surface area (Å²) in [7, 11) is 0. The third kappa shape index (κ3) is 3.14. The van der Waals surface area contributed by atoms with Crippen LogP contribution in [0.5, 0.6) is 0 Å². The fourth-order valence-electron chi connectivity index (χ4n) is 2.45. The van der Waals surface area contributed by atoms with Crippen LogP contribution in [0, 0.1) is 6.92 Å². The maximum atomic E-state index is 6.10. The van der Waals surface area contributed by atoms with Gasteiger partial charge in [-0.25, -0.2) is 4.98 Å². The van der Waals surface area contributed by atoms with Gasteiger partial charge in [-0.05, 0) is 47.3 Å². The monoisotopic (exact) mass is 316 g/mol. The summed E-state index contributed by atoms with van der Waals surface area (Å²) in [6, 6.07) is 2.56. The van der Waals surface area contributed by atoms with Gasteiger partial charge in [0.25, 0.3) is 0 Å². The van der Waals surface area contributed by atoms with E-state index in [0.29, 0.717) is 11.9 Å². The number of hydrogen-bond donors (Lipinski definition) is 0. The molecule has 4 heteroatoms. The van der Waals surface area contributed by atoms with Crippen LogP contribution in [0.3, 0.4) is 0 Å². The molecule has 0 saturated carbocycles. The standard InChI is InChI=1S/C13H18BrClN2/c1-10-7-11(14)9-16-13(10)17-6-4-2-3-5-12(17)8-15/h7,9,12H,2-6,8H2,1H3. The molecule has 2 heterocycles. The number of nitrogens with zero attached hydrogens (tertiary/aromatic N) is 2. The highest BCUT2D eigenvalue weighted by Gasteiger charge is 2.22. The summed E-state index contributed by atoms with van der Waals surface area (Å²) in [5, 5.41) is 0. The molecule has 0 aromatic carbocycles. The second-order valence-corrected chi connectivity index (χ2v) is 5.87. The van der Waals surface area contributed by atoms with Crippen LogP contribution < -0.4 is 4.90 Å². The van der Waals surface area contributed by atoms with Crippen molar-refractivity contribution in [2.75, 3.05) is 17.3 Å². The number of aryl methyl sites for hydroxylation is 1. The van der Waals surface area contributed by atoms with Gasteiger partial charge in [-0.15, -0.1) is 11.6 Å². The Balaban J connectivity index is 2.28. The maximum absolute atomic E-state index is 6.10. The lowest BCUT2D eigenvalue weighted by Crippen LogP contribution is -2.37. The molecule has 1 saturated heterocycles. The fourth-order valence-corrected chi connectivity index (χ4v) is 3.22. The highest BCUT2D eigenvalue weighted by molar-refractivity contribution is 9.10. The summed E-state index contributed by atoms with van der Waals surface area (Å²) in [4.78, 5) is 6.95. The summed E-state index contributed by atoms with van der Waals surface area (Å²) in [6.45, 7) is 3.19. The first-order chi connectivity index (χ1) is 8.22. The molecule has 0 spiro atoms. The first-order valence-corrected chi connectivity index (χ1v) is 7.50. The molecule has 1 aromatic rings. The zero-order valence-corrected chi connectivity index (χ0v) is 12.5. The van der Waals surface area contributed by atoms with E-state index in [4.69, 9.17) is 11.6 Å². The Bertz CT molecular complexity index is 384. The van der Waals surface area contributed by atoms with Gasteiger partial charge in [-0.2, -0.15) is 0 Å². The molecule has 1 fully saturated rings. The molecule has 0 radical (unpaired) electrons. The molecule has 1 aromatic heterocycles. The first kappa shape index (κ1) is 13.2. The van der Waals surface area contributed by atoms with E-state index in [1.807, 2.05) is 6.20 Å². The first-order valence-electron chi connectivity index (χ1n) is 6.17. The van der Waals surface area contributed by atoms with E-state index < -0.39 is 0 Å². The Kier molecular flexibility index (Phi) is 4.69. The van der Waals surface area contributed by atoms with Gasteiger partial charge in [0.15, 0.2) is 0 Å². The summed E-state index contributed by atoms with van der Waals surface area (Å²) in [5.41, 5.74) is 1.22. The third-order valence-corrected chi connectivity index (χ3v) is 4.13. The summed E-state index contributed by atoms with van der Waals surface area (Å²) in [6.07, 6.45) is 6.88. The lowest BCUT2D eigenvalue weighted by Gasteiger charge is -2.30. The van der Waals surface area contributed by atoms with Crippen LogP contribution in [0.2, 0.25) is 0 Å². The van der Waals surface area contributed by atoms with Crippen molar-refractivity contribution in [3.63, 3.8) is 0 Å². The molecular weight excluding hydrogens is 300 g/mol. The van der Waals surface area contributed by atoms with Crippen molar-refractivity contribution in [3.8, 4) is 0 Å². The highest BCUT2D eigenvalue weighted by Crippen LogP contribution is 2.27. The molecule has 0 amide bonds. The predicted molar refractivity (Wildman–Crippen MR) is 77.0 cm³/mol. The Morgan fingerprint density at radius 1 is 1.47 bits per heavy atom.